The molecule has 0 unspecified atom stereocenters. The Balaban J connectivity index is 4.56. The summed E-state index contributed by atoms with van der Waals surface area (Å²) in [5, 5.41) is 9.76. The summed E-state index contributed by atoms with van der Waals surface area (Å²) in [6.07, 6.45) is 0. The zero-order valence-corrected chi connectivity index (χ0v) is 10.5. The van der Waals surface area contributed by atoms with E-state index in [-0.39, 0.29) is 13.2 Å². The molecule has 0 aromatic carbocycles. The summed E-state index contributed by atoms with van der Waals surface area (Å²) in [6.45, 7) is 4.76. The fraction of sp³-hybridized carbons (Fsp3) is 0.778. The van der Waals surface area contributed by atoms with E-state index in [2.05, 4.69) is 25.4 Å². The van der Waals surface area contributed by atoms with Crippen LogP contribution in [-0.4, -0.2) is 40.7 Å². The van der Waals surface area contributed by atoms with Crippen molar-refractivity contribution in [2.24, 2.45) is 0 Å². The predicted molar refractivity (Wildman–Crippen MR) is 56.6 cm³/mol. The SMILES string of the molecule is CCOC(=O)[C@@H](Br)[C@@](C)(O)C(=O)OCC. The van der Waals surface area contributed by atoms with Crippen LogP contribution in [0.3, 0.4) is 0 Å². The summed E-state index contributed by atoms with van der Waals surface area (Å²) in [4.78, 5) is 21.4. The number of ether oxygens (including phenoxy) is 2. The van der Waals surface area contributed by atoms with Crippen LogP contribution in [0.4, 0.5) is 0 Å². The van der Waals surface area contributed by atoms with Crippen LogP contribution in [0.1, 0.15) is 20.8 Å². The lowest BCUT2D eigenvalue weighted by atomic mass is 10.0. The van der Waals surface area contributed by atoms with Crippen molar-refractivity contribution in [1.29, 1.82) is 0 Å². The molecule has 0 rings (SSSR count). The van der Waals surface area contributed by atoms with Gasteiger partial charge in [-0.1, -0.05) is 15.9 Å². The van der Waals surface area contributed by atoms with Gasteiger partial charge in [0.2, 0.25) is 0 Å². The maximum Gasteiger partial charge on any atom is 0.339 e. The van der Waals surface area contributed by atoms with Crippen molar-refractivity contribution in [3.8, 4) is 0 Å². The fourth-order valence-corrected chi connectivity index (χ4v) is 1.14. The first-order valence-corrected chi connectivity index (χ1v) is 5.49. The minimum atomic E-state index is -1.93. The molecule has 0 saturated heterocycles. The van der Waals surface area contributed by atoms with Gasteiger partial charge in [0, 0.05) is 0 Å². The Morgan fingerprint density at radius 3 is 2.20 bits per heavy atom. The highest BCUT2D eigenvalue weighted by atomic mass is 79.9. The van der Waals surface area contributed by atoms with Gasteiger partial charge >= 0.3 is 11.9 Å². The number of hydrogen-bond donors (Lipinski definition) is 1. The van der Waals surface area contributed by atoms with Crippen molar-refractivity contribution in [3.05, 3.63) is 0 Å². The van der Waals surface area contributed by atoms with Gasteiger partial charge in [0.1, 0.15) is 0 Å². The van der Waals surface area contributed by atoms with Gasteiger partial charge in [-0.05, 0) is 20.8 Å². The second-order valence-electron chi connectivity index (χ2n) is 2.98. The second kappa shape index (κ2) is 6.07. The molecule has 0 aliphatic carbocycles. The van der Waals surface area contributed by atoms with Gasteiger partial charge in [0.05, 0.1) is 13.2 Å². The summed E-state index contributed by atoms with van der Waals surface area (Å²) in [6, 6.07) is 0. The standard InChI is InChI=1S/C9H15BrO5/c1-4-14-7(11)6(10)9(3,13)8(12)15-5-2/h6,13H,4-5H2,1-3H3/t6-,9-/m1/s1. The quantitative estimate of drug-likeness (QED) is 0.591. The average Bonchev–Trinajstić information content (AvgIpc) is 2.17. The number of esters is 2. The molecule has 6 heteroatoms. The zero-order chi connectivity index (χ0) is 12.1. The number of carbonyl (C=O) groups is 2. The third-order valence-corrected chi connectivity index (χ3v) is 2.94. The predicted octanol–water partition coefficient (Wildman–Crippen LogP) is 0.627. The maximum atomic E-state index is 11.3. The number of carbonyl (C=O) groups excluding carboxylic acids is 2. The molecular weight excluding hydrogens is 268 g/mol. The number of alkyl halides is 1. The molecule has 15 heavy (non-hydrogen) atoms. The molecule has 0 amide bonds. The summed E-state index contributed by atoms with van der Waals surface area (Å²) in [7, 11) is 0. The number of hydrogen-bond acceptors (Lipinski definition) is 5. The first-order chi connectivity index (χ1) is 6.87. The fourth-order valence-electron chi connectivity index (χ4n) is 0.826. The summed E-state index contributed by atoms with van der Waals surface area (Å²) in [5.41, 5.74) is -1.93. The third kappa shape index (κ3) is 3.79. The normalized spacial score (nSPS) is 16.3. The molecule has 0 bridgehead atoms. The third-order valence-electron chi connectivity index (χ3n) is 1.68. The highest BCUT2D eigenvalue weighted by Crippen LogP contribution is 2.21. The molecule has 0 heterocycles. The van der Waals surface area contributed by atoms with E-state index in [1.54, 1.807) is 13.8 Å². The molecular formula is C9H15BrO5. The van der Waals surface area contributed by atoms with Gasteiger partial charge in [-0.2, -0.15) is 0 Å². The van der Waals surface area contributed by atoms with Crippen LogP contribution < -0.4 is 0 Å². The van der Waals surface area contributed by atoms with Crippen LogP contribution in [0.25, 0.3) is 0 Å². The highest BCUT2D eigenvalue weighted by Gasteiger charge is 2.44. The Labute approximate surface area is 96.9 Å². The molecule has 5 nitrogen and oxygen atoms in total. The van der Waals surface area contributed by atoms with E-state index in [0.717, 1.165) is 0 Å². The van der Waals surface area contributed by atoms with Crippen LogP contribution in [0.2, 0.25) is 0 Å². The van der Waals surface area contributed by atoms with Crippen LogP contribution in [0.5, 0.6) is 0 Å². The average molecular weight is 283 g/mol. The van der Waals surface area contributed by atoms with E-state index in [1.807, 2.05) is 0 Å². The number of aliphatic hydroxyl groups is 1. The lowest BCUT2D eigenvalue weighted by molar-refractivity contribution is -0.168. The largest absolute Gasteiger partial charge is 0.465 e. The van der Waals surface area contributed by atoms with Crippen molar-refractivity contribution in [3.63, 3.8) is 0 Å². The van der Waals surface area contributed by atoms with E-state index in [0.29, 0.717) is 0 Å². The minimum absolute atomic E-state index is 0.136. The molecule has 0 radical (unpaired) electrons. The molecule has 0 aromatic rings. The molecule has 0 spiro atoms. The zero-order valence-electron chi connectivity index (χ0n) is 8.95. The second-order valence-corrected chi connectivity index (χ2v) is 3.90. The van der Waals surface area contributed by atoms with Crippen molar-refractivity contribution >= 4 is 27.9 Å². The van der Waals surface area contributed by atoms with Crippen LogP contribution in [0, 0.1) is 0 Å². The van der Waals surface area contributed by atoms with Gasteiger partial charge in [0.25, 0.3) is 0 Å². The Morgan fingerprint density at radius 1 is 1.33 bits per heavy atom. The smallest absolute Gasteiger partial charge is 0.339 e. The maximum absolute atomic E-state index is 11.3. The molecule has 0 fully saturated rings. The van der Waals surface area contributed by atoms with Crippen molar-refractivity contribution in [1.82, 2.24) is 0 Å². The monoisotopic (exact) mass is 282 g/mol. The van der Waals surface area contributed by atoms with Crippen LogP contribution >= 0.6 is 15.9 Å². The Kier molecular flexibility index (Phi) is 5.82. The Hall–Kier alpha value is -0.620. The number of halogens is 1. The first kappa shape index (κ1) is 14.4. The van der Waals surface area contributed by atoms with Gasteiger partial charge in [0.15, 0.2) is 10.4 Å². The molecule has 0 aromatic heterocycles. The van der Waals surface area contributed by atoms with Crippen molar-refractivity contribution < 1.29 is 24.2 Å². The highest BCUT2D eigenvalue weighted by molar-refractivity contribution is 9.10. The Morgan fingerprint density at radius 2 is 1.80 bits per heavy atom. The van der Waals surface area contributed by atoms with Crippen LogP contribution in [-0.2, 0) is 19.1 Å². The van der Waals surface area contributed by atoms with E-state index in [9.17, 15) is 14.7 Å². The summed E-state index contributed by atoms with van der Waals surface area (Å²) >= 11 is 2.91. The lowest BCUT2D eigenvalue weighted by Gasteiger charge is -2.24. The van der Waals surface area contributed by atoms with Crippen molar-refractivity contribution in [2.75, 3.05) is 13.2 Å². The van der Waals surface area contributed by atoms with Crippen molar-refractivity contribution in [2.45, 2.75) is 31.2 Å². The van der Waals surface area contributed by atoms with E-state index >= 15 is 0 Å². The molecule has 88 valence electrons. The topological polar surface area (TPSA) is 72.8 Å². The van der Waals surface area contributed by atoms with E-state index < -0.39 is 22.4 Å². The first-order valence-electron chi connectivity index (χ1n) is 4.58. The van der Waals surface area contributed by atoms with Gasteiger partial charge in [-0.15, -0.1) is 0 Å². The minimum Gasteiger partial charge on any atom is -0.465 e. The van der Waals surface area contributed by atoms with Gasteiger partial charge < -0.3 is 14.6 Å². The number of rotatable bonds is 5. The lowest BCUT2D eigenvalue weighted by Crippen LogP contribution is -2.49. The Bertz CT molecular complexity index is 239. The van der Waals surface area contributed by atoms with E-state index in [4.69, 9.17) is 0 Å². The molecule has 0 saturated carbocycles. The molecule has 0 aliphatic rings. The molecule has 2 atom stereocenters. The van der Waals surface area contributed by atoms with Gasteiger partial charge in [-0.25, -0.2) is 4.79 Å². The van der Waals surface area contributed by atoms with Gasteiger partial charge in [-0.3, -0.25) is 4.79 Å². The van der Waals surface area contributed by atoms with E-state index in [1.165, 1.54) is 6.92 Å². The summed E-state index contributed by atoms with van der Waals surface area (Å²) < 4.78 is 9.29. The van der Waals surface area contributed by atoms with Crippen LogP contribution in [0.15, 0.2) is 0 Å². The molecule has 1 N–H and O–H groups in total. The summed E-state index contributed by atoms with van der Waals surface area (Å²) in [5.74, 6) is -1.56. The molecule has 0 aliphatic heterocycles.